The predicted molar refractivity (Wildman–Crippen MR) is 122 cm³/mol. The number of piperidine rings is 1. The molecule has 3 atom stereocenters. The topological polar surface area (TPSA) is 94.1 Å². The van der Waals surface area contributed by atoms with Gasteiger partial charge in [-0.15, -0.1) is 0 Å². The highest BCUT2D eigenvalue weighted by atomic mass is 16.5. The maximum absolute atomic E-state index is 6.28. The van der Waals surface area contributed by atoms with E-state index in [1.54, 1.807) is 0 Å². The molecule has 0 saturated carbocycles. The zero-order valence-corrected chi connectivity index (χ0v) is 18.3. The van der Waals surface area contributed by atoms with Crippen LogP contribution in [0.5, 0.6) is 0 Å². The maximum Gasteiger partial charge on any atom is 0.164 e. The number of benzene rings is 1. The first-order valence-electron chi connectivity index (χ1n) is 11.2. The number of nitrogens with zero attached hydrogens (tertiary/aromatic N) is 5. The minimum Gasteiger partial charge on any atom is -0.383 e. The summed E-state index contributed by atoms with van der Waals surface area (Å²) >= 11 is 0. The molecule has 1 aromatic carbocycles. The first-order chi connectivity index (χ1) is 15.1. The quantitative estimate of drug-likeness (QED) is 0.669. The summed E-state index contributed by atoms with van der Waals surface area (Å²) < 4.78 is 7.80. The van der Waals surface area contributed by atoms with E-state index in [-0.39, 0.29) is 12.1 Å². The lowest BCUT2D eigenvalue weighted by Crippen LogP contribution is -2.46. The summed E-state index contributed by atoms with van der Waals surface area (Å²) in [6.07, 6.45) is 4.03. The SMILES string of the molecule is CC1CN(Cc2ccc(-c3nn([C@@H]4CCCNC4)c4ncnc(N)c34)cc2)C(C)CO1. The number of hydrogen-bond acceptors (Lipinski definition) is 7. The monoisotopic (exact) mass is 421 g/mol. The third kappa shape index (κ3) is 4.03. The molecular formula is C23H31N7O. The molecule has 5 rings (SSSR count). The van der Waals surface area contributed by atoms with E-state index < -0.39 is 0 Å². The van der Waals surface area contributed by atoms with E-state index >= 15 is 0 Å². The van der Waals surface area contributed by atoms with Gasteiger partial charge in [0.1, 0.15) is 17.8 Å². The average Bonchev–Trinajstić information content (AvgIpc) is 3.18. The fourth-order valence-corrected chi connectivity index (χ4v) is 4.69. The number of nitrogens with one attached hydrogen (secondary N) is 1. The molecule has 3 N–H and O–H groups in total. The Morgan fingerprint density at radius 2 is 2.03 bits per heavy atom. The number of rotatable bonds is 4. The zero-order chi connectivity index (χ0) is 21.4. The average molecular weight is 422 g/mol. The Kier molecular flexibility index (Phi) is 5.60. The van der Waals surface area contributed by atoms with Crippen LogP contribution in [0, 0.1) is 0 Å². The minimum absolute atomic E-state index is 0.281. The van der Waals surface area contributed by atoms with Crippen molar-refractivity contribution in [3.05, 3.63) is 36.2 Å². The number of aromatic nitrogens is 4. The second-order valence-electron chi connectivity index (χ2n) is 8.87. The summed E-state index contributed by atoms with van der Waals surface area (Å²) in [7, 11) is 0. The van der Waals surface area contributed by atoms with Crippen molar-refractivity contribution in [2.24, 2.45) is 0 Å². The van der Waals surface area contributed by atoms with E-state index in [9.17, 15) is 0 Å². The van der Waals surface area contributed by atoms with E-state index in [0.29, 0.717) is 11.9 Å². The normalized spacial score (nSPS) is 25.2. The zero-order valence-electron chi connectivity index (χ0n) is 18.3. The molecule has 4 heterocycles. The summed E-state index contributed by atoms with van der Waals surface area (Å²) in [5.74, 6) is 0.482. The third-order valence-corrected chi connectivity index (χ3v) is 6.48. The van der Waals surface area contributed by atoms with Gasteiger partial charge in [-0.1, -0.05) is 24.3 Å². The van der Waals surface area contributed by atoms with E-state index in [0.717, 1.165) is 67.9 Å². The first kappa shape index (κ1) is 20.4. The summed E-state index contributed by atoms with van der Waals surface area (Å²) in [5.41, 5.74) is 10.3. The fourth-order valence-electron chi connectivity index (χ4n) is 4.69. The van der Waals surface area contributed by atoms with Crippen LogP contribution in [0.4, 0.5) is 5.82 Å². The fraction of sp³-hybridized carbons (Fsp3) is 0.522. The van der Waals surface area contributed by atoms with Crippen LogP contribution in [0.15, 0.2) is 30.6 Å². The molecule has 0 radical (unpaired) electrons. The molecule has 3 aromatic rings. The van der Waals surface area contributed by atoms with Crippen LogP contribution in [0.3, 0.4) is 0 Å². The van der Waals surface area contributed by atoms with Gasteiger partial charge in [0, 0.05) is 31.2 Å². The highest BCUT2D eigenvalue weighted by Gasteiger charge is 2.25. The van der Waals surface area contributed by atoms with Crippen LogP contribution in [-0.4, -0.2) is 63.0 Å². The van der Waals surface area contributed by atoms with Crippen molar-refractivity contribution in [1.82, 2.24) is 30.0 Å². The lowest BCUT2D eigenvalue weighted by atomic mass is 10.1. The van der Waals surface area contributed by atoms with Gasteiger partial charge in [-0.25, -0.2) is 14.6 Å². The smallest absolute Gasteiger partial charge is 0.164 e. The summed E-state index contributed by atoms with van der Waals surface area (Å²) in [5, 5.41) is 9.29. The molecule has 2 aliphatic rings. The van der Waals surface area contributed by atoms with Crippen LogP contribution in [-0.2, 0) is 11.3 Å². The largest absolute Gasteiger partial charge is 0.383 e. The Morgan fingerprint density at radius 1 is 1.19 bits per heavy atom. The Hall–Kier alpha value is -2.55. The molecule has 8 nitrogen and oxygen atoms in total. The van der Waals surface area contributed by atoms with Gasteiger partial charge in [-0.2, -0.15) is 5.10 Å². The van der Waals surface area contributed by atoms with Crippen LogP contribution >= 0.6 is 0 Å². The Morgan fingerprint density at radius 3 is 2.81 bits per heavy atom. The Bertz CT molecular complexity index is 1040. The number of nitrogen functional groups attached to an aromatic ring is 1. The van der Waals surface area contributed by atoms with E-state index in [1.807, 2.05) is 4.68 Å². The van der Waals surface area contributed by atoms with Crippen molar-refractivity contribution in [2.45, 2.75) is 51.4 Å². The van der Waals surface area contributed by atoms with Crippen molar-refractivity contribution >= 4 is 16.9 Å². The number of hydrogen-bond donors (Lipinski definition) is 2. The van der Waals surface area contributed by atoms with Gasteiger partial charge >= 0.3 is 0 Å². The summed E-state index contributed by atoms with van der Waals surface area (Å²) in [6.45, 7) is 8.99. The van der Waals surface area contributed by atoms with Crippen molar-refractivity contribution in [2.75, 3.05) is 32.0 Å². The third-order valence-electron chi connectivity index (χ3n) is 6.48. The Balaban J connectivity index is 1.45. The lowest BCUT2D eigenvalue weighted by Gasteiger charge is -2.36. The second-order valence-corrected chi connectivity index (χ2v) is 8.87. The second kappa shape index (κ2) is 8.53. The lowest BCUT2D eigenvalue weighted by molar-refractivity contribution is -0.0526. The Labute approximate surface area is 182 Å². The molecule has 2 aromatic heterocycles. The molecule has 2 aliphatic heterocycles. The number of anilines is 1. The predicted octanol–water partition coefficient (Wildman–Crippen LogP) is 2.61. The molecule has 0 amide bonds. The van der Waals surface area contributed by atoms with Crippen molar-refractivity contribution in [1.29, 1.82) is 0 Å². The van der Waals surface area contributed by atoms with Gasteiger partial charge in [0.05, 0.1) is 24.1 Å². The number of morpholine rings is 1. The van der Waals surface area contributed by atoms with Crippen LogP contribution in [0.25, 0.3) is 22.3 Å². The van der Waals surface area contributed by atoms with Crippen LogP contribution in [0.1, 0.15) is 38.3 Å². The van der Waals surface area contributed by atoms with Gasteiger partial charge in [0.25, 0.3) is 0 Å². The molecule has 2 saturated heterocycles. The van der Waals surface area contributed by atoms with Gasteiger partial charge in [0.15, 0.2) is 5.65 Å². The molecule has 164 valence electrons. The molecule has 0 bridgehead atoms. The molecule has 2 fully saturated rings. The van der Waals surface area contributed by atoms with Crippen LogP contribution in [0.2, 0.25) is 0 Å². The number of nitrogens with two attached hydrogens (primary N) is 1. The standard InChI is InChI=1S/C23H31N7O/c1-15-13-31-16(2)11-29(15)12-17-5-7-18(8-6-17)21-20-22(24)26-14-27-23(20)30(28-21)19-4-3-9-25-10-19/h5-8,14-16,19,25H,3-4,9-13H2,1-2H3,(H2,24,26,27)/t15?,16?,19-/m1/s1. The van der Waals surface area contributed by atoms with E-state index in [4.69, 9.17) is 15.6 Å². The molecule has 0 spiro atoms. The van der Waals surface area contributed by atoms with Gasteiger partial charge < -0.3 is 15.8 Å². The molecule has 2 unspecified atom stereocenters. The summed E-state index contributed by atoms with van der Waals surface area (Å²) in [4.78, 5) is 11.3. The maximum atomic E-state index is 6.28. The summed E-state index contributed by atoms with van der Waals surface area (Å²) in [6, 6.07) is 9.37. The first-order valence-corrected chi connectivity index (χ1v) is 11.2. The van der Waals surface area contributed by atoms with Crippen molar-refractivity contribution in [3.63, 3.8) is 0 Å². The molecule has 8 heteroatoms. The highest BCUT2D eigenvalue weighted by molar-refractivity contribution is 5.98. The van der Waals surface area contributed by atoms with Gasteiger partial charge in [-0.3, -0.25) is 4.90 Å². The minimum atomic E-state index is 0.281. The molecule has 0 aliphatic carbocycles. The molecule has 31 heavy (non-hydrogen) atoms. The highest BCUT2D eigenvalue weighted by Crippen LogP contribution is 2.33. The van der Waals surface area contributed by atoms with Crippen molar-refractivity contribution in [3.8, 4) is 11.3 Å². The van der Waals surface area contributed by atoms with Gasteiger partial charge in [0.2, 0.25) is 0 Å². The van der Waals surface area contributed by atoms with Crippen molar-refractivity contribution < 1.29 is 4.74 Å². The van der Waals surface area contributed by atoms with E-state index in [2.05, 4.69) is 58.3 Å². The number of ether oxygens (including phenoxy) is 1. The van der Waals surface area contributed by atoms with E-state index in [1.165, 1.54) is 11.9 Å². The van der Waals surface area contributed by atoms with Crippen LogP contribution < -0.4 is 11.1 Å². The molecular weight excluding hydrogens is 390 g/mol. The number of fused-ring (bicyclic) bond motifs is 1. The van der Waals surface area contributed by atoms with Gasteiger partial charge in [-0.05, 0) is 38.8 Å².